The molecule has 1 aromatic carbocycles. The zero-order chi connectivity index (χ0) is 15.2. The van der Waals surface area contributed by atoms with E-state index in [1.165, 1.54) is 31.2 Å². The summed E-state index contributed by atoms with van der Waals surface area (Å²) in [5, 5.41) is 4.25. The highest BCUT2D eigenvalue weighted by molar-refractivity contribution is 5.65. The van der Waals surface area contributed by atoms with Crippen LogP contribution in [-0.2, 0) is 0 Å². The number of hydrogen-bond donors (Lipinski definition) is 0. The van der Waals surface area contributed by atoms with Gasteiger partial charge in [-0.25, -0.2) is 14.5 Å². The van der Waals surface area contributed by atoms with Crippen molar-refractivity contribution in [3.8, 4) is 0 Å². The molecule has 2 aromatic heterocycles. The highest BCUT2D eigenvalue weighted by Crippen LogP contribution is 2.45. The number of hydrogen-bond acceptors (Lipinski definition) is 4. The first kappa shape index (κ1) is 13.0. The summed E-state index contributed by atoms with van der Waals surface area (Å²) in [6.07, 6.45) is 10.2. The first-order chi connectivity index (χ1) is 11.4. The summed E-state index contributed by atoms with van der Waals surface area (Å²) in [4.78, 5) is 11.6. The van der Waals surface area contributed by atoms with Gasteiger partial charge in [0.25, 0.3) is 0 Å². The van der Waals surface area contributed by atoms with Crippen LogP contribution in [0.25, 0.3) is 5.65 Å². The van der Waals surface area contributed by atoms with Crippen LogP contribution in [0.15, 0.2) is 49.1 Å². The highest BCUT2D eigenvalue weighted by Gasteiger charge is 2.42. The third-order valence-electron chi connectivity index (χ3n) is 5.43. The van der Waals surface area contributed by atoms with Crippen LogP contribution in [0.5, 0.6) is 0 Å². The van der Waals surface area contributed by atoms with Crippen molar-refractivity contribution >= 4 is 11.5 Å². The summed E-state index contributed by atoms with van der Waals surface area (Å²) in [5.41, 5.74) is 2.36. The van der Waals surface area contributed by atoms with Crippen molar-refractivity contribution in [1.29, 1.82) is 0 Å². The van der Waals surface area contributed by atoms with Crippen molar-refractivity contribution < 1.29 is 0 Å². The summed E-state index contributed by atoms with van der Waals surface area (Å²) < 4.78 is 1.82. The molecule has 2 aliphatic heterocycles. The summed E-state index contributed by atoms with van der Waals surface area (Å²) in [6.45, 7) is 0. The molecule has 23 heavy (non-hydrogen) atoms. The monoisotopic (exact) mass is 305 g/mol. The minimum Gasteiger partial charge on any atom is -0.347 e. The van der Waals surface area contributed by atoms with Crippen LogP contribution in [-0.4, -0.2) is 31.7 Å². The topological polar surface area (TPSA) is 46.3 Å². The van der Waals surface area contributed by atoms with Crippen LogP contribution in [0, 0.1) is 0 Å². The van der Waals surface area contributed by atoms with Crippen LogP contribution in [0.4, 0.5) is 5.82 Å². The molecule has 2 saturated heterocycles. The third kappa shape index (κ3) is 2.03. The molecule has 0 spiro atoms. The van der Waals surface area contributed by atoms with Gasteiger partial charge in [0, 0.05) is 24.5 Å². The van der Waals surface area contributed by atoms with Gasteiger partial charge in [-0.3, -0.25) is 0 Å². The lowest BCUT2D eigenvalue weighted by atomic mass is 9.85. The molecule has 0 radical (unpaired) electrons. The zero-order valence-corrected chi connectivity index (χ0v) is 12.9. The molecular formula is C18H19N5. The molecule has 2 aliphatic rings. The van der Waals surface area contributed by atoms with E-state index in [1.807, 2.05) is 16.9 Å². The van der Waals surface area contributed by atoms with Gasteiger partial charge in [0.1, 0.15) is 6.33 Å². The van der Waals surface area contributed by atoms with Gasteiger partial charge in [0.15, 0.2) is 11.5 Å². The van der Waals surface area contributed by atoms with Crippen LogP contribution < -0.4 is 4.90 Å². The minimum absolute atomic E-state index is 0.564. The average molecular weight is 305 g/mol. The van der Waals surface area contributed by atoms with Gasteiger partial charge in [-0.15, -0.1) is 0 Å². The summed E-state index contributed by atoms with van der Waals surface area (Å²) in [5.74, 6) is 1.67. The molecule has 4 heterocycles. The highest BCUT2D eigenvalue weighted by atomic mass is 15.3. The lowest BCUT2D eigenvalue weighted by Crippen LogP contribution is -2.43. The van der Waals surface area contributed by atoms with Gasteiger partial charge in [0.05, 0.1) is 0 Å². The largest absolute Gasteiger partial charge is 0.347 e. The Hall–Kier alpha value is -2.43. The number of nitrogens with zero attached hydrogens (tertiary/aromatic N) is 5. The van der Waals surface area contributed by atoms with Crippen LogP contribution in [0.2, 0.25) is 0 Å². The molecule has 0 amide bonds. The zero-order valence-electron chi connectivity index (χ0n) is 12.9. The maximum Gasteiger partial charge on any atom is 0.198 e. The summed E-state index contributed by atoms with van der Waals surface area (Å²) in [6, 6.07) is 12.1. The molecule has 0 aliphatic carbocycles. The maximum atomic E-state index is 4.64. The van der Waals surface area contributed by atoms with Gasteiger partial charge in [0.2, 0.25) is 0 Å². The normalized spacial score (nSPS) is 26.8. The number of piperidine rings is 1. The van der Waals surface area contributed by atoms with E-state index in [9.17, 15) is 0 Å². The number of fused-ring (bicyclic) bond motifs is 3. The first-order valence-corrected chi connectivity index (χ1v) is 8.38. The number of anilines is 1. The van der Waals surface area contributed by atoms with Gasteiger partial charge in [-0.2, -0.15) is 5.10 Å². The van der Waals surface area contributed by atoms with Crippen molar-refractivity contribution in [2.24, 2.45) is 0 Å². The standard InChI is InChI=1S/C18H19N5/c1-2-4-13(5-3-1)14-10-15-6-7-16(11-14)23(15)18-17-20-12-21-22(17)9-8-19-18/h1-5,8-9,12,14-16H,6-7,10-11H2/t14?,15-,16+. The lowest BCUT2D eigenvalue weighted by Gasteiger charge is -2.39. The average Bonchev–Trinajstić information content (AvgIpc) is 3.17. The molecule has 5 heteroatoms. The molecule has 3 atom stereocenters. The van der Waals surface area contributed by atoms with E-state index < -0.39 is 0 Å². The predicted molar refractivity (Wildman–Crippen MR) is 88.5 cm³/mol. The van der Waals surface area contributed by atoms with Crippen molar-refractivity contribution in [1.82, 2.24) is 19.6 Å². The number of benzene rings is 1. The Kier molecular flexibility index (Phi) is 2.86. The quantitative estimate of drug-likeness (QED) is 0.730. The molecule has 5 rings (SSSR count). The maximum absolute atomic E-state index is 4.64. The van der Waals surface area contributed by atoms with E-state index in [0.29, 0.717) is 18.0 Å². The Balaban J connectivity index is 1.50. The van der Waals surface area contributed by atoms with E-state index in [2.05, 4.69) is 50.3 Å². The minimum atomic E-state index is 0.564. The number of rotatable bonds is 2. The van der Waals surface area contributed by atoms with Crippen LogP contribution in [0.3, 0.4) is 0 Å². The summed E-state index contributed by atoms with van der Waals surface area (Å²) in [7, 11) is 0. The predicted octanol–water partition coefficient (Wildman–Crippen LogP) is 3.04. The van der Waals surface area contributed by atoms with E-state index in [4.69, 9.17) is 0 Å². The molecule has 116 valence electrons. The van der Waals surface area contributed by atoms with E-state index in [0.717, 1.165) is 11.5 Å². The Morgan fingerprint density at radius 1 is 0.957 bits per heavy atom. The Morgan fingerprint density at radius 3 is 2.52 bits per heavy atom. The van der Waals surface area contributed by atoms with E-state index >= 15 is 0 Å². The van der Waals surface area contributed by atoms with Gasteiger partial charge in [-0.1, -0.05) is 30.3 Å². The second-order valence-electron chi connectivity index (χ2n) is 6.65. The number of aromatic nitrogens is 4. The van der Waals surface area contributed by atoms with Crippen molar-refractivity contribution in [3.63, 3.8) is 0 Å². The smallest absolute Gasteiger partial charge is 0.198 e. The van der Waals surface area contributed by atoms with E-state index in [1.54, 1.807) is 6.33 Å². The fourth-order valence-electron chi connectivity index (χ4n) is 4.45. The van der Waals surface area contributed by atoms with Gasteiger partial charge < -0.3 is 4.90 Å². The second kappa shape index (κ2) is 5.05. The molecule has 0 saturated carbocycles. The Labute approximate surface area is 135 Å². The molecular weight excluding hydrogens is 286 g/mol. The van der Waals surface area contributed by atoms with E-state index in [-0.39, 0.29) is 0 Å². The fourth-order valence-corrected chi connectivity index (χ4v) is 4.45. The van der Waals surface area contributed by atoms with Crippen LogP contribution >= 0.6 is 0 Å². The molecule has 2 fully saturated rings. The molecule has 2 bridgehead atoms. The van der Waals surface area contributed by atoms with Crippen LogP contribution in [0.1, 0.15) is 37.2 Å². The van der Waals surface area contributed by atoms with Gasteiger partial charge in [-0.05, 0) is 37.2 Å². The molecule has 5 nitrogen and oxygen atoms in total. The second-order valence-corrected chi connectivity index (χ2v) is 6.65. The third-order valence-corrected chi connectivity index (χ3v) is 5.43. The SMILES string of the molecule is c1ccc(C2C[C@H]3CC[C@@H](C2)N3c2nccn3ncnc23)cc1. The Bertz CT molecular complexity index is 814. The van der Waals surface area contributed by atoms with Crippen molar-refractivity contribution in [2.45, 2.75) is 43.7 Å². The molecule has 1 unspecified atom stereocenters. The van der Waals surface area contributed by atoms with Crippen molar-refractivity contribution in [2.75, 3.05) is 4.90 Å². The summed E-state index contributed by atoms with van der Waals surface area (Å²) >= 11 is 0. The lowest BCUT2D eigenvalue weighted by molar-refractivity contribution is 0.413. The molecule has 0 N–H and O–H groups in total. The Morgan fingerprint density at radius 2 is 1.74 bits per heavy atom. The van der Waals surface area contributed by atoms with Gasteiger partial charge >= 0.3 is 0 Å². The molecule has 3 aromatic rings. The van der Waals surface area contributed by atoms with Crippen molar-refractivity contribution in [3.05, 3.63) is 54.6 Å². The fraction of sp³-hybridized carbons (Fsp3) is 0.389. The first-order valence-electron chi connectivity index (χ1n) is 8.38.